The summed E-state index contributed by atoms with van der Waals surface area (Å²) in [6.07, 6.45) is 1.78. The van der Waals surface area contributed by atoms with Gasteiger partial charge in [0.2, 0.25) is 0 Å². The largest absolute Gasteiger partial charge is 0.497 e. The first kappa shape index (κ1) is 14.6. The minimum absolute atomic E-state index is 0.318. The Hall–Kier alpha value is -1.49. The molecule has 0 spiro atoms. The summed E-state index contributed by atoms with van der Waals surface area (Å²) in [4.78, 5) is 11.2. The molecule has 0 heterocycles. The summed E-state index contributed by atoms with van der Waals surface area (Å²) in [5, 5.41) is 3.19. The van der Waals surface area contributed by atoms with Crippen LogP contribution in [0.5, 0.6) is 5.75 Å². The molecule has 0 aliphatic heterocycles. The van der Waals surface area contributed by atoms with Crippen LogP contribution in [-0.2, 0) is 9.53 Å². The number of nitrogens with one attached hydrogen (secondary N) is 1. The van der Waals surface area contributed by atoms with Crippen molar-refractivity contribution in [1.29, 1.82) is 0 Å². The summed E-state index contributed by atoms with van der Waals surface area (Å²) in [6.45, 7) is 2.25. The van der Waals surface area contributed by atoms with Gasteiger partial charge in [-0.3, -0.25) is 0 Å². The molecule has 4 nitrogen and oxygen atoms in total. The van der Waals surface area contributed by atoms with Gasteiger partial charge in [0, 0.05) is 22.7 Å². The molecule has 0 aromatic heterocycles. The van der Waals surface area contributed by atoms with Crippen LogP contribution >= 0.6 is 15.9 Å². The fourth-order valence-electron chi connectivity index (χ4n) is 1.33. The maximum absolute atomic E-state index is 11.2. The van der Waals surface area contributed by atoms with E-state index >= 15 is 0 Å². The van der Waals surface area contributed by atoms with E-state index in [9.17, 15) is 4.79 Å². The van der Waals surface area contributed by atoms with Gasteiger partial charge in [0.1, 0.15) is 5.75 Å². The van der Waals surface area contributed by atoms with Crippen molar-refractivity contribution in [3.05, 3.63) is 34.3 Å². The van der Waals surface area contributed by atoms with Crippen LogP contribution in [0.25, 0.3) is 0 Å². The van der Waals surface area contributed by atoms with Crippen LogP contribution in [0.2, 0.25) is 0 Å². The van der Waals surface area contributed by atoms with Crippen molar-refractivity contribution in [1.82, 2.24) is 0 Å². The highest BCUT2D eigenvalue weighted by molar-refractivity contribution is 9.10. The molecule has 1 aromatic rings. The zero-order chi connectivity index (χ0) is 13.5. The molecule has 1 rings (SSSR count). The smallest absolute Gasteiger partial charge is 0.333 e. The summed E-state index contributed by atoms with van der Waals surface area (Å²) < 4.78 is 10.7. The predicted octanol–water partition coefficient (Wildman–Crippen LogP) is 2.99. The van der Waals surface area contributed by atoms with Crippen LogP contribution < -0.4 is 10.1 Å². The lowest BCUT2D eigenvalue weighted by Crippen LogP contribution is -2.05. The fraction of sp³-hybridized carbons (Fsp3) is 0.308. The standard InChI is InChI=1S/C13H16BrNO3/c1-9(13(16)18-3)6-7-15-12-8-10(17-2)4-5-11(12)14/h4-6,8,15H,7H2,1-3H3/b9-6+. The molecule has 0 bridgehead atoms. The second kappa shape index (κ2) is 7.06. The highest BCUT2D eigenvalue weighted by Crippen LogP contribution is 2.26. The number of anilines is 1. The van der Waals surface area contributed by atoms with Crippen molar-refractivity contribution in [2.45, 2.75) is 6.92 Å². The van der Waals surface area contributed by atoms with E-state index in [2.05, 4.69) is 26.0 Å². The molecule has 1 N–H and O–H groups in total. The number of carbonyl (C=O) groups excluding carboxylic acids is 1. The zero-order valence-electron chi connectivity index (χ0n) is 10.6. The van der Waals surface area contributed by atoms with Crippen molar-refractivity contribution in [3.63, 3.8) is 0 Å². The number of esters is 1. The first-order valence-corrected chi connectivity index (χ1v) is 6.20. The van der Waals surface area contributed by atoms with Gasteiger partial charge in [0.15, 0.2) is 0 Å². The van der Waals surface area contributed by atoms with Gasteiger partial charge in [-0.25, -0.2) is 4.79 Å². The Morgan fingerprint density at radius 1 is 1.44 bits per heavy atom. The molecule has 0 aliphatic carbocycles. The molecular weight excluding hydrogens is 298 g/mol. The third kappa shape index (κ3) is 4.07. The van der Waals surface area contributed by atoms with Crippen molar-refractivity contribution in [2.24, 2.45) is 0 Å². The highest BCUT2D eigenvalue weighted by atomic mass is 79.9. The summed E-state index contributed by atoms with van der Waals surface area (Å²) in [5.74, 6) is 0.455. The van der Waals surface area contributed by atoms with Gasteiger partial charge in [0.25, 0.3) is 0 Å². The molecule has 0 fully saturated rings. The van der Waals surface area contributed by atoms with Crippen LogP contribution in [0.3, 0.4) is 0 Å². The Labute approximate surface area is 115 Å². The van der Waals surface area contributed by atoms with E-state index in [1.165, 1.54) is 7.11 Å². The zero-order valence-corrected chi connectivity index (χ0v) is 12.2. The van der Waals surface area contributed by atoms with Crippen LogP contribution in [0.15, 0.2) is 34.3 Å². The van der Waals surface area contributed by atoms with Crippen molar-refractivity contribution in [3.8, 4) is 5.75 Å². The second-order valence-corrected chi connectivity index (χ2v) is 4.46. The Morgan fingerprint density at radius 2 is 2.17 bits per heavy atom. The Balaban J connectivity index is 2.66. The summed E-state index contributed by atoms with van der Waals surface area (Å²) in [6, 6.07) is 5.65. The van der Waals surface area contributed by atoms with E-state index in [1.54, 1.807) is 20.1 Å². The van der Waals surface area contributed by atoms with Crippen molar-refractivity contribution in [2.75, 3.05) is 26.1 Å². The molecule has 18 heavy (non-hydrogen) atoms. The lowest BCUT2D eigenvalue weighted by molar-refractivity contribution is -0.136. The van der Waals surface area contributed by atoms with E-state index < -0.39 is 0 Å². The average molecular weight is 314 g/mol. The molecular formula is C13H16BrNO3. The fourth-order valence-corrected chi connectivity index (χ4v) is 1.71. The molecule has 0 saturated heterocycles. The lowest BCUT2D eigenvalue weighted by Gasteiger charge is -2.09. The van der Waals surface area contributed by atoms with E-state index in [0.29, 0.717) is 12.1 Å². The van der Waals surface area contributed by atoms with Gasteiger partial charge < -0.3 is 14.8 Å². The first-order valence-electron chi connectivity index (χ1n) is 5.41. The van der Waals surface area contributed by atoms with Gasteiger partial charge in [-0.2, -0.15) is 0 Å². The number of hydrogen-bond acceptors (Lipinski definition) is 4. The first-order chi connectivity index (χ1) is 8.58. The monoisotopic (exact) mass is 313 g/mol. The van der Waals surface area contributed by atoms with E-state index in [1.807, 2.05) is 18.2 Å². The maximum Gasteiger partial charge on any atom is 0.333 e. The molecule has 0 unspecified atom stereocenters. The van der Waals surface area contributed by atoms with Crippen molar-refractivity contribution < 1.29 is 14.3 Å². The summed E-state index contributed by atoms with van der Waals surface area (Å²) in [5.41, 5.74) is 1.48. The van der Waals surface area contributed by atoms with Crippen LogP contribution in [0, 0.1) is 0 Å². The number of halogens is 1. The highest BCUT2D eigenvalue weighted by Gasteiger charge is 2.03. The Morgan fingerprint density at radius 3 is 2.78 bits per heavy atom. The van der Waals surface area contributed by atoms with Crippen LogP contribution in [-0.4, -0.2) is 26.7 Å². The number of hydrogen-bond donors (Lipinski definition) is 1. The van der Waals surface area contributed by atoms with Crippen LogP contribution in [0.1, 0.15) is 6.92 Å². The normalized spacial score (nSPS) is 11.0. The number of ether oxygens (including phenoxy) is 2. The summed E-state index contributed by atoms with van der Waals surface area (Å²) >= 11 is 3.44. The maximum atomic E-state index is 11.2. The Kier molecular flexibility index (Phi) is 5.71. The third-order valence-electron chi connectivity index (χ3n) is 2.38. The molecule has 0 radical (unpaired) electrons. The molecule has 5 heteroatoms. The summed E-state index contributed by atoms with van der Waals surface area (Å²) in [7, 11) is 2.99. The third-order valence-corrected chi connectivity index (χ3v) is 3.07. The van der Waals surface area contributed by atoms with Gasteiger partial charge in [0.05, 0.1) is 19.9 Å². The second-order valence-electron chi connectivity index (χ2n) is 3.61. The van der Waals surface area contributed by atoms with Gasteiger partial charge in [-0.1, -0.05) is 6.08 Å². The van der Waals surface area contributed by atoms with Crippen LogP contribution in [0.4, 0.5) is 5.69 Å². The minimum Gasteiger partial charge on any atom is -0.497 e. The van der Waals surface area contributed by atoms with Crippen molar-refractivity contribution >= 4 is 27.6 Å². The SMILES string of the molecule is COC(=O)/C(C)=C/CNc1cc(OC)ccc1Br. The number of methoxy groups -OCH3 is 2. The topological polar surface area (TPSA) is 47.6 Å². The van der Waals surface area contributed by atoms with E-state index in [0.717, 1.165) is 15.9 Å². The van der Waals surface area contributed by atoms with E-state index in [-0.39, 0.29) is 5.97 Å². The average Bonchev–Trinajstić information content (AvgIpc) is 2.39. The van der Waals surface area contributed by atoms with Gasteiger partial charge >= 0.3 is 5.97 Å². The van der Waals surface area contributed by atoms with E-state index in [4.69, 9.17) is 4.74 Å². The lowest BCUT2D eigenvalue weighted by atomic mass is 10.2. The molecule has 0 atom stereocenters. The molecule has 98 valence electrons. The van der Waals surface area contributed by atoms with Gasteiger partial charge in [-0.15, -0.1) is 0 Å². The minimum atomic E-state index is -0.318. The molecule has 1 aromatic carbocycles. The quantitative estimate of drug-likeness (QED) is 0.670. The predicted molar refractivity (Wildman–Crippen MR) is 75.0 cm³/mol. The Bertz CT molecular complexity index is 458. The number of carbonyl (C=O) groups is 1. The molecule has 0 amide bonds. The number of benzene rings is 1. The number of rotatable bonds is 5. The van der Waals surface area contributed by atoms with Gasteiger partial charge in [-0.05, 0) is 35.0 Å². The molecule has 0 saturated carbocycles. The molecule has 0 aliphatic rings.